The molecular weight excluding hydrogens is 380 g/mol. The van der Waals surface area contributed by atoms with E-state index in [1.54, 1.807) is 19.1 Å². The van der Waals surface area contributed by atoms with Crippen LogP contribution in [0.15, 0.2) is 52.9 Å². The van der Waals surface area contributed by atoms with E-state index in [1.807, 2.05) is 32.0 Å². The van der Waals surface area contributed by atoms with Crippen molar-refractivity contribution in [3.63, 3.8) is 0 Å². The van der Waals surface area contributed by atoms with Gasteiger partial charge in [0, 0.05) is 5.69 Å². The fourth-order valence-electron chi connectivity index (χ4n) is 2.73. The molecule has 0 unspecified atom stereocenters. The lowest BCUT2D eigenvalue weighted by Gasteiger charge is -2.10. The molecule has 1 aromatic heterocycles. The number of benzene rings is 2. The van der Waals surface area contributed by atoms with E-state index in [2.05, 4.69) is 10.1 Å². The Morgan fingerprint density at radius 3 is 2.55 bits per heavy atom. The molecule has 29 heavy (non-hydrogen) atoms. The maximum Gasteiger partial charge on any atom is 0.387 e. The summed E-state index contributed by atoms with van der Waals surface area (Å²) in [4.78, 5) is 12.4. The van der Waals surface area contributed by atoms with Crippen molar-refractivity contribution in [3.05, 3.63) is 76.7 Å². The number of ether oxygens (including phenoxy) is 2. The van der Waals surface area contributed by atoms with Gasteiger partial charge in [0.05, 0.1) is 0 Å². The number of hydrogen-bond donors (Lipinski definition) is 1. The minimum absolute atomic E-state index is 0.0272. The van der Waals surface area contributed by atoms with Crippen molar-refractivity contribution in [3.8, 4) is 11.5 Å². The first-order valence-electron chi connectivity index (χ1n) is 8.97. The Labute approximate surface area is 167 Å². The van der Waals surface area contributed by atoms with Gasteiger partial charge in [0.1, 0.15) is 23.9 Å². The molecule has 0 fully saturated rings. The first-order chi connectivity index (χ1) is 13.8. The van der Waals surface area contributed by atoms with Crippen LogP contribution in [0.4, 0.5) is 14.5 Å². The Bertz CT molecular complexity index is 1010. The minimum atomic E-state index is -2.90. The summed E-state index contributed by atoms with van der Waals surface area (Å²) < 4.78 is 40.3. The Hall–Kier alpha value is -3.35. The predicted octanol–water partition coefficient (Wildman–Crippen LogP) is 5.64. The molecule has 0 saturated heterocycles. The van der Waals surface area contributed by atoms with Crippen LogP contribution in [0.25, 0.3) is 0 Å². The number of halogens is 2. The van der Waals surface area contributed by atoms with Crippen LogP contribution in [0.2, 0.25) is 0 Å². The lowest BCUT2D eigenvalue weighted by atomic mass is 10.1. The Balaban J connectivity index is 1.62. The number of alkyl halides is 2. The number of nitrogens with one attached hydrogen (secondary N) is 1. The topological polar surface area (TPSA) is 60.7 Å². The van der Waals surface area contributed by atoms with Crippen molar-refractivity contribution in [1.29, 1.82) is 0 Å². The van der Waals surface area contributed by atoms with Gasteiger partial charge in [-0.05, 0) is 73.9 Å². The van der Waals surface area contributed by atoms with E-state index in [1.165, 1.54) is 18.2 Å². The molecule has 152 valence electrons. The van der Waals surface area contributed by atoms with Gasteiger partial charge in [0.25, 0.3) is 5.91 Å². The predicted molar refractivity (Wildman–Crippen MR) is 105 cm³/mol. The fraction of sp³-hybridized carbons (Fsp3) is 0.227. The molecule has 0 aliphatic carbocycles. The maximum atomic E-state index is 12.4. The highest BCUT2D eigenvalue weighted by Gasteiger charge is 2.14. The molecule has 3 rings (SSSR count). The molecule has 3 aromatic rings. The van der Waals surface area contributed by atoms with Crippen LogP contribution >= 0.6 is 0 Å². The summed E-state index contributed by atoms with van der Waals surface area (Å²) in [7, 11) is 0. The number of anilines is 1. The number of amides is 1. The summed E-state index contributed by atoms with van der Waals surface area (Å²) in [6.07, 6.45) is 0. The van der Waals surface area contributed by atoms with Crippen LogP contribution < -0.4 is 14.8 Å². The van der Waals surface area contributed by atoms with Gasteiger partial charge < -0.3 is 19.2 Å². The van der Waals surface area contributed by atoms with Gasteiger partial charge in [0.15, 0.2) is 5.76 Å². The zero-order chi connectivity index (χ0) is 21.0. The van der Waals surface area contributed by atoms with E-state index in [4.69, 9.17) is 9.15 Å². The van der Waals surface area contributed by atoms with Crippen molar-refractivity contribution < 1.29 is 27.5 Å². The van der Waals surface area contributed by atoms with E-state index < -0.39 is 12.5 Å². The molecule has 1 N–H and O–H groups in total. The number of carbonyl (C=O) groups excluding carboxylic acids is 1. The van der Waals surface area contributed by atoms with Gasteiger partial charge in [-0.25, -0.2) is 0 Å². The Morgan fingerprint density at radius 1 is 1.03 bits per heavy atom. The van der Waals surface area contributed by atoms with E-state index in [9.17, 15) is 13.6 Å². The van der Waals surface area contributed by atoms with Gasteiger partial charge in [-0.15, -0.1) is 0 Å². The molecule has 0 bridgehead atoms. The average molecular weight is 401 g/mol. The molecule has 7 heteroatoms. The van der Waals surface area contributed by atoms with Crippen LogP contribution in [0.1, 0.15) is 33.0 Å². The van der Waals surface area contributed by atoms with Gasteiger partial charge in [-0.3, -0.25) is 4.79 Å². The molecule has 0 radical (unpaired) electrons. The smallest absolute Gasteiger partial charge is 0.387 e. The Morgan fingerprint density at radius 2 is 1.83 bits per heavy atom. The molecule has 0 saturated carbocycles. The first kappa shape index (κ1) is 20.4. The molecule has 0 spiro atoms. The molecule has 0 aliphatic heterocycles. The highest BCUT2D eigenvalue weighted by molar-refractivity contribution is 6.02. The zero-order valence-corrected chi connectivity index (χ0v) is 16.3. The standard InChI is InChI=1S/C22H21F2NO4/c1-13-4-5-14(2)20(10-13)27-12-17-7-9-19(28-17)21(26)25-18-8-6-16(11-15(18)3)29-22(23)24/h4-11,22H,12H2,1-3H3,(H,25,26). The SMILES string of the molecule is Cc1ccc(C)c(OCc2ccc(C(=O)Nc3ccc(OC(F)F)cc3C)o2)c1. The van der Waals surface area contributed by atoms with Crippen molar-refractivity contribution in [2.24, 2.45) is 0 Å². The van der Waals surface area contributed by atoms with Crippen molar-refractivity contribution in [1.82, 2.24) is 0 Å². The molecule has 2 aromatic carbocycles. The van der Waals surface area contributed by atoms with Gasteiger partial charge >= 0.3 is 6.61 Å². The summed E-state index contributed by atoms with van der Waals surface area (Å²) in [6.45, 7) is 2.91. The normalized spacial score (nSPS) is 10.8. The van der Waals surface area contributed by atoms with Gasteiger partial charge in [-0.2, -0.15) is 8.78 Å². The second kappa shape index (κ2) is 8.77. The van der Waals surface area contributed by atoms with Crippen LogP contribution in [0.5, 0.6) is 11.5 Å². The van der Waals surface area contributed by atoms with E-state index >= 15 is 0 Å². The number of rotatable bonds is 7. The summed E-state index contributed by atoms with van der Waals surface area (Å²) >= 11 is 0. The lowest BCUT2D eigenvalue weighted by molar-refractivity contribution is -0.0498. The van der Waals surface area contributed by atoms with Crippen molar-refractivity contribution in [2.45, 2.75) is 34.0 Å². The summed E-state index contributed by atoms with van der Waals surface area (Å²) in [5, 5.41) is 2.69. The van der Waals surface area contributed by atoms with E-state index in [-0.39, 0.29) is 18.1 Å². The van der Waals surface area contributed by atoms with Crippen LogP contribution in [-0.2, 0) is 6.61 Å². The first-order valence-corrected chi connectivity index (χ1v) is 8.97. The summed E-state index contributed by atoms with van der Waals surface area (Å²) in [5.41, 5.74) is 3.16. The molecule has 1 heterocycles. The second-order valence-electron chi connectivity index (χ2n) is 6.63. The number of hydrogen-bond acceptors (Lipinski definition) is 4. The molecule has 5 nitrogen and oxygen atoms in total. The third-order valence-electron chi connectivity index (χ3n) is 4.27. The third-order valence-corrected chi connectivity index (χ3v) is 4.27. The molecule has 1 amide bonds. The number of aryl methyl sites for hydroxylation is 3. The van der Waals surface area contributed by atoms with E-state index in [0.717, 1.165) is 16.9 Å². The molecule has 0 atom stereocenters. The maximum absolute atomic E-state index is 12.4. The largest absolute Gasteiger partial charge is 0.485 e. The van der Waals surface area contributed by atoms with E-state index in [0.29, 0.717) is 17.0 Å². The lowest BCUT2D eigenvalue weighted by Crippen LogP contribution is -2.12. The van der Waals surface area contributed by atoms with Crippen LogP contribution in [0, 0.1) is 20.8 Å². The monoisotopic (exact) mass is 401 g/mol. The Kier molecular flexibility index (Phi) is 6.16. The van der Waals surface area contributed by atoms with Crippen molar-refractivity contribution in [2.75, 3.05) is 5.32 Å². The summed E-state index contributed by atoms with van der Waals surface area (Å²) in [6, 6.07) is 13.4. The quantitative estimate of drug-likeness (QED) is 0.557. The highest BCUT2D eigenvalue weighted by Crippen LogP contribution is 2.24. The molecule has 0 aliphatic rings. The zero-order valence-electron chi connectivity index (χ0n) is 16.3. The highest BCUT2D eigenvalue weighted by atomic mass is 19.3. The molecular formula is C22H21F2NO4. The third kappa shape index (κ3) is 5.34. The van der Waals surface area contributed by atoms with Gasteiger partial charge in [-0.1, -0.05) is 12.1 Å². The van der Waals surface area contributed by atoms with Crippen LogP contribution in [-0.4, -0.2) is 12.5 Å². The fourth-order valence-corrected chi connectivity index (χ4v) is 2.73. The minimum Gasteiger partial charge on any atom is -0.485 e. The van der Waals surface area contributed by atoms with Gasteiger partial charge in [0.2, 0.25) is 0 Å². The summed E-state index contributed by atoms with van der Waals surface area (Å²) in [5.74, 6) is 0.965. The average Bonchev–Trinajstić information content (AvgIpc) is 3.13. The number of carbonyl (C=O) groups is 1. The van der Waals surface area contributed by atoms with Crippen molar-refractivity contribution >= 4 is 11.6 Å². The second-order valence-corrected chi connectivity index (χ2v) is 6.63. The number of furan rings is 1. The van der Waals surface area contributed by atoms with Crippen LogP contribution in [0.3, 0.4) is 0 Å².